The second kappa shape index (κ2) is 3.85. The standard InChI is InChI=1S/C14H16N2O2/c1-16-8-5-10-12(16)4-3-11(13(10)18-2)14(6-7-14)15-9-17/h3-4H,5-8H2,1-2H3. The minimum atomic E-state index is -0.358. The molecule has 18 heavy (non-hydrogen) atoms. The smallest absolute Gasteiger partial charge is 0.235 e. The molecule has 0 unspecified atom stereocenters. The normalized spacial score (nSPS) is 19.1. The number of aliphatic imine (C=N–C) groups is 1. The highest BCUT2D eigenvalue weighted by molar-refractivity contribution is 5.67. The van der Waals surface area contributed by atoms with Crippen LogP contribution in [0.4, 0.5) is 5.69 Å². The average molecular weight is 244 g/mol. The molecule has 0 spiro atoms. The van der Waals surface area contributed by atoms with Crippen molar-refractivity contribution in [3.8, 4) is 5.75 Å². The van der Waals surface area contributed by atoms with Gasteiger partial charge in [0.1, 0.15) is 11.3 Å². The van der Waals surface area contributed by atoms with Crippen molar-refractivity contribution in [3.05, 3.63) is 23.3 Å². The zero-order chi connectivity index (χ0) is 12.8. The molecule has 0 saturated heterocycles. The molecule has 0 radical (unpaired) electrons. The summed E-state index contributed by atoms with van der Waals surface area (Å²) in [6, 6.07) is 4.16. The Morgan fingerprint density at radius 3 is 2.83 bits per heavy atom. The van der Waals surface area contributed by atoms with Gasteiger partial charge in [0.2, 0.25) is 6.08 Å². The van der Waals surface area contributed by atoms with Crippen molar-refractivity contribution in [3.63, 3.8) is 0 Å². The number of benzene rings is 1. The Hall–Kier alpha value is -1.80. The van der Waals surface area contributed by atoms with Gasteiger partial charge in [-0.1, -0.05) is 6.07 Å². The molecule has 0 atom stereocenters. The molecule has 1 saturated carbocycles. The van der Waals surface area contributed by atoms with Gasteiger partial charge in [-0.05, 0) is 25.3 Å². The van der Waals surface area contributed by atoms with Crippen molar-refractivity contribution in [2.24, 2.45) is 4.99 Å². The molecule has 4 nitrogen and oxygen atoms in total. The van der Waals surface area contributed by atoms with E-state index in [0.717, 1.165) is 37.1 Å². The lowest BCUT2D eigenvalue weighted by Gasteiger charge is -2.18. The summed E-state index contributed by atoms with van der Waals surface area (Å²) in [5.74, 6) is 0.911. The highest BCUT2D eigenvalue weighted by atomic mass is 16.5. The molecule has 1 aromatic rings. The van der Waals surface area contributed by atoms with Gasteiger partial charge in [0.05, 0.1) is 7.11 Å². The van der Waals surface area contributed by atoms with E-state index >= 15 is 0 Å². The van der Waals surface area contributed by atoms with Crippen LogP contribution in [-0.4, -0.2) is 26.8 Å². The maximum atomic E-state index is 10.6. The van der Waals surface area contributed by atoms with Crippen LogP contribution in [0.5, 0.6) is 5.75 Å². The Labute approximate surface area is 106 Å². The zero-order valence-electron chi connectivity index (χ0n) is 10.7. The third-order valence-corrected chi connectivity index (χ3v) is 4.03. The number of hydrogen-bond acceptors (Lipinski definition) is 4. The zero-order valence-corrected chi connectivity index (χ0v) is 10.7. The van der Waals surface area contributed by atoms with E-state index in [0.29, 0.717) is 0 Å². The van der Waals surface area contributed by atoms with Crippen LogP contribution in [-0.2, 0) is 16.8 Å². The molecule has 3 rings (SSSR count). The van der Waals surface area contributed by atoms with Gasteiger partial charge >= 0.3 is 0 Å². The molecule has 2 aliphatic rings. The molecule has 94 valence electrons. The molecule has 0 bridgehead atoms. The third kappa shape index (κ3) is 1.46. The summed E-state index contributed by atoms with van der Waals surface area (Å²) in [7, 11) is 3.78. The molecule has 1 aliphatic carbocycles. The predicted octanol–water partition coefficient (Wildman–Crippen LogP) is 2.01. The third-order valence-electron chi connectivity index (χ3n) is 4.03. The molecule has 4 heteroatoms. The SMILES string of the molecule is COc1c(C2(N=C=O)CC2)ccc2c1CCN2C. The molecule has 1 fully saturated rings. The van der Waals surface area contributed by atoms with E-state index in [9.17, 15) is 4.79 Å². The second-order valence-corrected chi connectivity index (χ2v) is 5.05. The summed E-state index contributed by atoms with van der Waals surface area (Å²) >= 11 is 0. The number of methoxy groups -OCH3 is 1. The van der Waals surface area contributed by atoms with E-state index in [1.807, 2.05) is 6.07 Å². The molecular weight excluding hydrogens is 228 g/mol. The number of isocyanates is 1. The van der Waals surface area contributed by atoms with Crippen molar-refractivity contribution < 1.29 is 9.53 Å². The van der Waals surface area contributed by atoms with Gasteiger partial charge in [0, 0.05) is 30.4 Å². The highest BCUT2D eigenvalue weighted by Crippen LogP contribution is 2.54. The minimum absolute atomic E-state index is 0.358. The van der Waals surface area contributed by atoms with Crippen molar-refractivity contribution in [1.82, 2.24) is 0 Å². The molecule has 1 aromatic carbocycles. The fourth-order valence-electron chi connectivity index (χ4n) is 2.86. The van der Waals surface area contributed by atoms with Crippen LogP contribution in [0.3, 0.4) is 0 Å². The molecule has 0 amide bonds. The molecule has 1 aliphatic heterocycles. The summed E-state index contributed by atoms with van der Waals surface area (Å²) in [5.41, 5.74) is 3.15. The van der Waals surface area contributed by atoms with Gasteiger partial charge in [-0.3, -0.25) is 0 Å². The van der Waals surface area contributed by atoms with Crippen LogP contribution in [0.25, 0.3) is 0 Å². The first kappa shape index (κ1) is 11.3. The summed E-state index contributed by atoms with van der Waals surface area (Å²) in [4.78, 5) is 16.8. The average Bonchev–Trinajstić information content (AvgIpc) is 3.07. The molecule has 0 aromatic heterocycles. The summed E-state index contributed by atoms with van der Waals surface area (Å²) < 4.78 is 5.59. The lowest BCUT2D eigenvalue weighted by Crippen LogP contribution is -2.12. The Bertz CT molecular complexity index is 543. The van der Waals surface area contributed by atoms with Crippen LogP contribution in [0.1, 0.15) is 24.0 Å². The first-order valence-electron chi connectivity index (χ1n) is 6.22. The van der Waals surface area contributed by atoms with Crippen molar-refractivity contribution in [2.45, 2.75) is 24.8 Å². The summed E-state index contributed by atoms with van der Waals surface area (Å²) in [5, 5.41) is 0. The van der Waals surface area contributed by atoms with Gasteiger partial charge in [-0.25, -0.2) is 4.79 Å². The van der Waals surface area contributed by atoms with E-state index in [4.69, 9.17) is 4.74 Å². The lowest BCUT2D eigenvalue weighted by atomic mass is 9.99. The molecule has 1 heterocycles. The van der Waals surface area contributed by atoms with E-state index in [2.05, 4.69) is 23.0 Å². The quantitative estimate of drug-likeness (QED) is 0.603. The number of rotatable bonds is 3. The van der Waals surface area contributed by atoms with Gasteiger partial charge in [0.15, 0.2) is 0 Å². The minimum Gasteiger partial charge on any atom is -0.496 e. The first-order chi connectivity index (χ1) is 8.72. The van der Waals surface area contributed by atoms with Gasteiger partial charge in [0.25, 0.3) is 0 Å². The van der Waals surface area contributed by atoms with E-state index < -0.39 is 0 Å². The highest BCUT2D eigenvalue weighted by Gasteiger charge is 2.47. The largest absolute Gasteiger partial charge is 0.496 e. The fraction of sp³-hybridized carbons (Fsp3) is 0.500. The van der Waals surface area contributed by atoms with Gasteiger partial charge in [-0.2, -0.15) is 4.99 Å². The number of nitrogens with zero attached hydrogens (tertiary/aromatic N) is 2. The predicted molar refractivity (Wildman–Crippen MR) is 69.0 cm³/mol. The maximum Gasteiger partial charge on any atom is 0.235 e. The van der Waals surface area contributed by atoms with Crippen molar-refractivity contribution in [1.29, 1.82) is 0 Å². The number of likely N-dealkylation sites (N-methyl/N-ethyl adjacent to an activating group) is 1. The van der Waals surface area contributed by atoms with E-state index in [-0.39, 0.29) is 5.54 Å². The molecule has 0 N–H and O–H groups in total. The number of ether oxygens (including phenoxy) is 1. The van der Waals surface area contributed by atoms with Crippen LogP contribution in [0.2, 0.25) is 0 Å². The summed E-state index contributed by atoms with van der Waals surface area (Å²) in [6.45, 7) is 1.01. The van der Waals surface area contributed by atoms with Crippen LogP contribution >= 0.6 is 0 Å². The van der Waals surface area contributed by atoms with Crippen LogP contribution in [0.15, 0.2) is 17.1 Å². The monoisotopic (exact) mass is 244 g/mol. The Morgan fingerprint density at radius 1 is 1.44 bits per heavy atom. The van der Waals surface area contributed by atoms with Gasteiger partial charge in [-0.15, -0.1) is 0 Å². The Morgan fingerprint density at radius 2 is 2.22 bits per heavy atom. The molecular formula is C14H16N2O2. The maximum absolute atomic E-state index is 10.6. The topological polar surface area (TPSA) is 41.9 Å². The Balaban J connectivity index is 2.15. The van der Waals surface area contributed by atoms with Crippen molar-refractivity contribution >= 4 is 11.8 Å². The number of anilines is 1. The van der Waals surface area contributed by atoms with E-state index in [1.54, 1.807) is 13.2 Å². The number of carbonyl (C=O) groups excluding carboxylic acids is 1. The summed E-state index contributed by atoms with van der Waals surface area (Å²) in [6.07, 6.45) is 4.52. The van der Waals surface area contributed by atoms with E-state index in [1.165, 1.54) is 11.3 Å². The van der Waals surface area contributed by atoms with Gasteiger partial charge < -0.3 is 9.64 Å². The lowest BCUT2D eigenvalue weighted by molar-refractivity contribution is 0.400. The van der Waals surface area contributed by atoms with Crippen LogP contribution < -0.4 is 9.64 Å². The fourth-order valence-corrected chi connectivity index (χ4v) is 2.86. The van der Waals surface area contributed by atoms with Crippen LogP contribution in [0, 0.1) is 0 Å². The number of hydrogen-bond donors (Lipinski definition) is 0. The van der Waals surface area contributed by atoms with Crippen molar-refractivity contribution in [2.75, 3.05) is 25.6 Å². The first-order valence-corrected chi connectivity index (χ1v) is 6.22. The second-order valence-electron chi connectivity index (χ2n) is 5.05. The Kier molecular flexibility index (Phi) is 2.42. The number of fused-ring (bicyclic) bond motifs is 1.